The molecule has 1 aliphatic rings. The van der Waals surface area contributed by atoms with Gasteiger partial charge in [-0.1, -0.05) is 11.6 Å². The third-order valence-corrected chi connectivity index (χ3v) is 2.24. The number of nitrogens with two attached hydrogens (primary N) is 1. The van der Waals surface area contributed by atoms with Crippen molar-refractivity contribution in [2.75, 3.05) is 18.9 Å². The van der Waals surface area contributed by atoms with Crippen LogP contribution in [0.15, 0.2) is 18.2 Å². The van der Waals surface area contributed by atoms with Gasteiger partial charge in [0.1, 0.15) is 0 Å². The summed E-state index contributed by atoms with van der Waals surface area (Å²) in [6.45, 7) is 1.21. The van der Waals surface area contributed by atoms with Gasteiger partial charge in [-0.3, -0.25) is 0 Å². The van der Waals surface area contributed by atoms with Crippen LogP contribution in [-0.4, -0.2) is 13.2 Å². The Bertz CT molecular complexity index is 310. The van der Waals surface area contributed by atoms with E-state index in [0.29, 0.717) is 23.9 Å². The Morgan fingerprint density at radius 1 is 1.31 bits per heavy atom. The van der Waals surface area contributed by atoms with Gasteiger partial charge in [-0.25, -0.2) is 0 Å². The number of rotatable bonds is 1. The summed E-state index contributed by atoms with van der Waals surface area (Å²) >= 11 is 5.96. The molecule has 0 spiro atoms. The Hall–Kier alpha value is -0.770. The van der Waals surface area contributed by atoms with E-state index in [9.17, 15) is 0 Å². The molecule has 0 aliphatic carbocycles. The van der Waals surface area contributed by atoms with Crippen molar-refractivity contribution in [1.29, 1.82) is 0 Å². The normalized spacial score (nSPS) is 17.9. The van der Waals surface area contributed by atoms with E-state index < -0.39 is 0 Å². The molecule has 13 heavy (non-hydrogen) atoms. The number of nitrogen functional groups attached to an aromatic ring is 1. The Morgan fingerprint density at radius 2 is 2.00 bits per heavy atom. The highest BCUT2D eigenvalue weighted by Gasteiger charge is 2.20. The van der Waals surface area contributed by atoms with E-state index in [4.69, 9.17) is 26.8 Å². The highest BCUT2D eigenvalue weighted by atomic mass is 35.5. The lowest BCUT2D eigenvalue weighted by Gasteiger charge is -2.11. The maximum atomic E-state index is 5.96. The Balaban J connectivity index is 2.32. The van der Waals surface area contributed by atoms with Crippen molar-refractivity contribution in [2.45, 2.75) is 6.29 Å². The third kappa shape index (κ3) is 1.77. The predicted octanol–water partition coefficient (Wildman–Crippen LogP) is 1.97. The van der Waals surface area contributed by atoms with Gasteiger partial charge in [-0.2, -0.15) is 0 Å². The lowest BCUT2D eigenvalue weighted by atomic mass is 10.2. The molecule has 4 heteroatoms. The van der Waals surface area contributed by atoms with Gasteiger partial charge in [0.05, 0.1) is 13.2 Å². The van der Waals surface area contributed by atoms with E-state index in [-0.39, 0.29) is 6.29 Å². The summed E-state index contributed by atoms with van der Waals surface area (Å²) in [6, 6.07) is 5.27. The first kappa shape index (κ1) is 8.81. The molecule has 1 heterocycles. The van der Waals surface area contributed by atoms with Gasteiger partial charge in [-0.05, 0) is 18.2 Å². The highest BCUT2D eigenvalue weighted by molar-refractivity contribution is 6.31. The van der Waals surface area contributed by atoms with Gasteiger partial charge >= 0.3 is 0 Å². The highest BCUT2D eigenvalue weighted by Crippen LogP contribution is 2.30. The molecule has 70 valence electrons. The van der Waals surface area contributed by atoms with Crippen LogP contribution < -0.4 is 5.73 Å². The monoisotopic (exact) mass is 199 g/mol. The molecule has 2 rings (SSSR count). The summed E-state index contributed by atoms with van der Waals surface area (Å²) in [4.78, 5) is 0. The Labute approximate surface area is 81.4 Å². The van der Waals surface area contributed by atoms with Crippen LogP contribution in [0.1, 0.15) is 11.9 Å². The van der Waals surface area contributed by atoms with Gasteiger partial charge in [-0.15, -0.1) is 0 Å². The fourth-order valence-corrected chi connectivity index (χ4v) is 1.49. The van der Waals surface area contributed by atoms with Gasteiger partial charge in [0.15, 0.2) is 6.29 Å². The maximum Gasteiger partial charge on any atom is 0.185 e. The van der Waals surface area contributed by atoms with Crippen LogP contribution in [0.5, 0.6) is 0 Å². The molecule has 0 atom stereocenters. The molecule has 3 nitrogen and oxygen atoms in total. The van der Waals surface area contributed by atoms with Crippen molar-refractivity contribution in [3.05, 3.63) is 28.8 Å². The van der Waals surface area contributed by atoms with E-state index in [2.05, 4.69) is 0 Å². The quantitative estimate of drug-likeness (QED) is 0.704. The molecule has 2 N–H and O–H groups in total. The van der Waals surface area contributed by atoms with Crippen molar-refractivity contribution >= 4 is 17.3 Å². The molecule has 1 fully saturated rings. The number of hydrogen-bond donors (Lipinski definition) is 1. The second kappa shape index (κ2) is 3.54. The fraction of sp³-hybridized carbons (Fsp3) is 0.333. The van der Waals surface area contributed by atoms with E-state index in [1.165, 1.54) is 0 Å². The number of anilines is 1. The number of halogens is 1. The lowest BCUT2D eigenvalue weighted by Crippen LogP contribution is -2.00. The van der Waals surface area contributed by atoms with Crippen molar-refractivity contribution in [1.82, 2.24) is 0 Å². The van der Waals surface area contributed by atoms with Gasteiger partial charge < -0.3 is 15.2 Å². The zero-order valence-corrected chi connectivity index (χ0v) is 7.75. The molecule has 0 bridgehead atoms. The molecule has 0 unspecified atom stereocenters. The van der Waals surface area contributed by atoms with Crippen LogP contribution >= 0.6 is 11.6 Å². The minimum atomic E-state index is -0.351. The first-order valence-corrected chi connectivity index (χ1v) is 4.43. The van der Waals surface area contributed by atoms with Crippen LogP contribution in [0.25, 0.3) is 0 Å². The molecule has 0 radical (unpaired) electrons. The summed E-state index contributed by atoms with van der Waals surface area (Å²) < 4.78 is 10.6. The topological polar surface area (TPSA) is 44.5 Å². The van der Waals surface area contributed by atoms with Crippen LogP contribution in [0, 0.1) is 0 Å². The minimum absolute atomic E-state index is 0.351. The number of ether oxygens (including phenoxy) is 2. The van der Waals surface area contributed by atoms with Crippen molar-refractivity contribution in [2.24, 2.45) is 0 Å². The Kier molecular flexibility index (Phi) is 2.40. The molecular weight excluding hydrogens is 190 g/mol. The Morgan fingerprint density at radius 3 is 2.69 bits per heavy atom. The van der Waals surface area contributed by atoms with E-state index in [1.54, 1.807) is 18.2 Å². The first-order valence-electron chi connectivity index (χ1n) is 4.05. The van der Waals surface area contributed by atoms with E-state index in [1.807, 2.05) is 0 Å². The fourth-order valence-electron chi connectivity index (χ4n) is 1.28. The smallest absolute Gasteiger partial charge is 0.185 e. The van der Waals surface area contributed by atoms with Gasteiger partial charge in [0.25, 0.3) is 0 Å². The molecule has 0 saturated carbocycles. The number of benzene rings is 1. The molecule has 0 amide bonds. The molecule has 1 saturated heterocycles. The average molecular weight is 200 g/mol. The molecular formula is C9H10ClNO2. The SMILES string of the molecule is Nc1ccc(Cl)c(C2OCCO2)c1. The second-order valence-electron chi connectivity index (χ2n) is 2.85. The zero-order valence-electron chi connectivity index (χ0n) is 7.00. The predicted molar refractivity (Wildman–Crippen MR) is 50.5 cm³/mol. The molecule has 1 aromatic carbocycles. The van der Waals surface area contributed by atoms with Crippen molar-refractivity contribution in [3.8, 4) is 0 Å². The summed E-state index contributed by atoms with van der Waals surface area (Å²) in [5, 5.41) is 0.626. The average Bonchev–Trinajstić information content (AvgIpc) is 2.61. The molecule has 1 aromatic rings. The van der Waals surface area contributed by atoms with Gasteiger partial charge in [0.2, 0.25) is 0 Å². The summed E-state index contributed by atoms with van der Waals surface area (Å²) in [5.41, 5.74) is 7.10. The zero-order chi connectivity index (χ0) is 9.26. The summed E-state index contributed by atoms with van der Waals surface area (Å²) in [6.07, 6.45) is -0.351. The van der Waals surface area contributed by atoms with E-state index >= 15 is 0 Å². The minimum Gasteiger partial charge on any atom is -0.399 e. The summed E-state index contributed by atoms with van der Waals surface area (Å²) in [7, 11) is 0. The summed E-state index contributed by atoms with van der Waals surface area (Å²) in [5.74, 6) is 0. The van der Waals surface area contributed by atoms with Crippen molar-refractivity contribution < 1.29 is 9.47 Å². The second-order valence-corrected chi connectivity index (χ2v) is 3.26. The van der Waals surface area contributed by atoms with Gasteiger partial charge in [0, 0.05) is 16.3 Å². The van der Waals surface area contributed by atoms with Crippen LogP contribution in [0.2, 0.25) is 5.02 Å². The van der Waals surface area contributed by atoms with Crippen LogP contribution in [0.4, 0.5) is 5.69 Å². The van der Waals surface area contributed by atoms with Crippen LogP contribution in [0.3, 0.4) is 0 Å². The van der Waals surface area contributed by atoms with E-state index in [0.717, 1.165) is 5.56 Å². The first-order chi connectivity index (χ1) is 6.27. The largest absolute Gasteiger partial charge is 0.399 e. The lowest BCUT2D eigenvalue weighted by molar-refractivity contribution is -0.0439. The molecule has 0 aromatic heterocycles. The third-order valence-electron chi connectivity index (χ3n) is 1.90. The van der Waals surface area contributed by atoms with Crippen LogP contribution in [-0.2, 0) is 9.47 Å². The van der Waals surface area contributed by atoms with Crippen molar-refractivity contribution in [3.63, 3.8) is 0 Å². The molecule has 1 aliphatic heterocycles. The maximum absolute atomic E-state index is 5.96. The number of hydrogen-bond acceptors (Lipinski definition) is 3. The standard InChI is InChI=1S/C9H10ClNO2/c10-8-2-1-6(11)5-7(8)9-12-3-4-13-9/h1-2,5,9H,3-4,11H2.